The van der Waals surface area contributed by atoms with Gasteiger partial charge < -0.3 is 4.74 Å². The molecule has 0 amide bonds. The fourth-order valence-electron chi connectivity index (χ4n) is 3.37. The molecule has 0 N–H and O–H groups in total. The maximum absolute atomic E-state index is 13.9. The summed E-state index contributed by atoms with van der Waals surface area (Å²) in [5.41, 5.74) is 4.41. The molecule has 0 heterocycles. The Kier molecular flexibility index (Phi) is 8.50. The van der Waals surface area contributed by atoms with Gasteiger partial charge in [0.05, 0.1) is 6.61 Å². The van der Waals surface area contributed by atoms with Crippen LogP contribution in [-0.4, -0.2) is 12.9 Å². The number of ether oxygens (including phenoxy) is 1. The number of aryl methyl sites for hydroxylation is 2. The molecule has 0 radical (unpaired) electrons. The summed E-state index contributed by atoms with van der Waals surface area (Å²) >= 11 is 0. The van der Waals surface area contributed by atoms with E-state index in [1.165, 1.54) is 48.1 Å². The third kappa shape index (κ3) is 6.82. The predicted molar refractivity (Wildman–Crippen MR) is 109 cm³/mol. The van der Waals surface area contributed by atoms with Crippen LogP contribution in [0.15, 0.2) is 36.4 Å². The summed E-state index contributed by atoms with van der Waals surface area (Å²) in [6.07, 6.45) is 7.34. The Morgan fingerprint density at radius 3 is 2.48 bits per heavy atom. The third-order valence-corrected chi connectivity index (χ3v) is 5.17. The quantitative estimate of drug-likeness (QED) is 0.335. The summed E-state index contributed by atoms with van der Waals surface area (Å²) in [4.78, 5) is 10.7. The van der Waals surface area contributed by atoms with Gasteiger partial charge in [0, 0.05) is 5.56 Å². The number of carbonyl (C=O) groups is 1. The average molecular weight is 371 g/mol. The van der Waals surface area contributed by atoms with E-state index in [2.05, 4.69) is 39.0 Å². The molecule has 2 rings (SSSR count). The molecule has 1 unspecified atom stereocenters. The van der Waals surface area contributed by atoms with Crippen LogP contribution in [0.5, 0.6) is 5.75 Å². The third-order valence-electron chi connectivity index (χ3n) is 5.17. The molecule has 3 heteroatoms. The maximum atomic E-state index is 13.9. The molecule has 0 saturated heterocycles. The monoisotopic (exact) mass is 370 g/mol. The van der Waals surface area contributed by atoms with E-state index in [-0.39, 0.29) is 5.75 Å². The average Bonchev–Trinajstić information content (AvgIpc) is 2.66. The van der Waals surface area contributed by atoms with E-state index in [0.717, 1.165) is 19.3 Å². The Morgan fingerprint density at radius 1 is 1.04 bits per heavy atom. The predicted octanol–water partition coefficient (Wildman–Crippen LogP) is 6.46. The molecular weight excluding hydrogens is 339 g/mol. The number of hydrogen-bond donors (Lipinski definition) is 0. The van der Waals surface area contributed by atoms with Crippen molar-refractivity contribution in [2.75, 3.05) is 6.61 Å². The van der Waals surface area contributed by atoms with E-state index in [9.17, 15) is 9.18 Å². The highest BCUT2D eigenvalue weighted by Crippen LogP contribution is 2.23. The maximum Gasteiger partial charge on any atom is 0.165 e. The Morgan fingerprint density at radius 2 is 1.81 bits per heavy atom. The van der Waals surface area contributed by atoms with E-state index < -0.39 is 5.82 Å². The van der Waals surface area contributed by atoms with Crippen molar-refractivity contribution in [1.82, 2.24) is 0 Å². The first-order valence-corrected chi connectivity index (χ1v) is 9.97. The van der Waals surface area contributed by atoms with Crippen LogP contribution in [0.4, 0.5) is 4.39 Å². The van der Waals surface area contributed by atoms with E-state index in [1.807, 2.05) is 0 Å². The van der Waals surface area contributed by atoms with Crippen molar-refractivity contribution >= 4 is 6.29 Å². The Labute approximate surface area is 162 Å². The zero-order valence-electron chi connectivity index (χ0n) is 16.8. The second-order valence-corrected chi connectivity index (χ2v) is 7.43. The van der Waals surface area contributed by atoms with Crippen molar-refractivity contribution in [3.05, 3.63) is 64.5 Å². The molecular formula is C24H31FO2. The van der Waals surface area contributed by atoms with Gasteiger partial charge in [-0.15, -0.1) is 0 Å². The van der Waals surface area contributed by atoms with Gasteiger partial charge in [-0.1, -0.05) is 44.4 Å². The fraction of sp³-hybridized carbons (Fsp3) is 0.458. The van der Waals surface area contributed by atoms with Gasteiger partial charge in [0.1, 0.15) is 6.29 Å². The number of rotatable bonds is 11. The molecule has 0 aromatic heterocycles. The molecule has 2 nitrogen and oxygen atoms in total. The molecule has 0 aliphatic rings. The van der Waals surface area contributed by atoms with Gasteiger partial charge in [-0.2, -0.15) is 0 Å². The van der Waals surface area contributed by atoms with Crippen LogP contribution < -0.4 is 4.74 Å². The van der Waals surface area contributed by atoms with Crippen molar-refractivity contribution in [3.63, 3.8) is 0 Å². The molecule has 0 saturated carbocycles. The lowest BCUT2D eigenvalue weighted by Crippen LogP contribution is -2.08. The van der Waals surface area contributed by atoms with Crippen molar-refractivity contribution in [1.29, 1.82) is 0 Å². The molecule has 27 heavy (non-hydrogen) atoms. The summed E-state index contributed by atoms with van der Waals surface area (Å²) in [5, 5.41) is 0. The van der Waals surface area contributed by atoms with E-state index >= 15 is 0 Å². The molecule has 2 aromatic rings. The van der Waals surface area contributed by atoms with Crippen molar-refractivity contribution in [3.8, 4) is 5.75 Å². The van der Waals surface area contributed by atoms with Crippen LogP contribution >= 0.6 is 0 Å². The summed E-state index contributed by atoms with van der Waals surface area (Å²) < 4.78 is 19.4. The van der Waals surface area contributed by atoms with Crippen LogP contribution in [-0.2, 0) is 6.42 Å². The minimum Gasteiger partial charge on any atom is -0.491 e. The summed E-state index contributed by atoms with van der Waals surface area (Å²) in [6, 6.07) is 11.1. The lowest BCUT2D eigenvalue weighted by atomic mass is 9.89. The number of carbonyl (C=O) groups excluding carboxylic acids is 1. The Bertz CT molecular complexity index is 739. The first-order chi connectivity index (χ1) is 13.0. The lowest BCUT2D eigenvalue weighted by molar-refractivity contribution is 0.112. The molecule has 0 spiro atoms. The van der Waals surface area contributed by atoms with Crippen LogP contribution in [0, 0.1) is 25.6 Å². The molecule has 146 valence electrons. The largest absolute Gasteiger partial charge is 0.491 e. The highest BCUT2D eigenvalue weighted by molar-refractivity contribution is 5.74. The number of benzene rings is 2. The second kappa shape index (κ2) is 10.9. The number of aldehydes is 1. The molecule has 0 fully saturated rings. The lowest BCUT2D eigenvalue weighted by Gasteiger charge is -2.18. The topological polar surface area (TPSA) is 26.3 Å². The van der Waals surface area contributed by atoms with Crippen molar-refractivity contribution in [2.45, 2.75) is 59.3 Å². The summed E-state index contributed by atoms with van der Waals surface area (Å²) in [6.45, 7) is 7.03. The minimum absolute atomic E-state index is 0.222. The van der Waals surface area contributed by atoms with Crippen molar-refractivity contribution in [2.24, 2.45) is 5.92 Å². The molecule has 1 atom stereocenters. The van der Waals surface area contributed by atoms with Crippen molar-refractivity contribution < 1.29 is 13.9 Å². The van der Waals surface area contributed by atoms with Gasteiger partial charge in [0.15, 0.2) is 11.6 Å². The van der Waals surface area contributed by atoms with Gasteiger partial charge in [-0.05, 0) is 73.9 Å². The smallest absolute Gasteiger partial charge is 0.165 e. The highest BCUT2D eigenvalue weighted by atomic mass is 19.1. The first-order valence-electron chi connectivity index (χ1n) is 9.97. The van der Waals surface area contributed by atoms with Crippen LogP contribution in [0.2, 0.25) is 0 Å². The second-order valence-electron chi connectivity index (χ2n) is 7.43. The van der Waals surface area contributed by atoms with Crippen LogP contribution in [0.25, 0.3) is 0 Å². The molecule has 0 aliphatic heterocycles. The van der Waals surface area contributed by atoms with Gasteiger partial charge >= 0.3 is 0 Å². The summed E-state index contributed by atoms with van der Waals surface area (Å²) in [7, 11) is 0. The normalized spacial score (nSPS) is 12.0. The van der Waals surface area contributed by atoms with E-state index in [4.69, 9.17) is 4.74 Å². The molecule has 0 bridgehead atoms. The minimum atomic E-state index is -0.475. The fourth-order valence-corrected chi connectivity index (χ4v) is 3.37. The van der Waals surface area contributed by atoms with E-state index in [1.54, 1.807) is 6.07 Å². The Balaban J connectivity index is 1.86. The van der Waals surface area contributed by atoms with Gasteiger partial charge in [-0.25, -0.2) is 4.39 Å². The first kappa shape index (κ1) is 21.1. The van der Waals surface area contributed by atoms with Gasteiger partial charge in [-0.3, -0.25) is 4.79 Å². The van der Waals surface area contributed by atoms with E-state index in [0.29, 0.717) is 24.4 Å². The standard InChI is InChI=1S/C24H31FO2/c1-4-5-7-20(15-21-10-9-18(2)19(3)14-21)8-6-13-27-24-12-11-22(17-26)16-23(24)25/h9-12,14,16-17,20H,4-8,13,15H2,1-3H3. The van der Waals surface area contributed by atoms with Gasteiger partial charge in [0.2, 0.25) is 0 Å². The number of hydrogen-bond acceptors (Lipinski definition) is 2. The SMILES string of the molecule is CCCCC(CCCOc1ccc(C=O)cc1F)Cc1ccc(C)c(C)c1. The van der Waals surface area contributed by atoms with Gasteiger partial charge in [0.25, 0.3) is 0 Å². The zero-order valence-corrected chi connectivity index (χ0v) is 16.8. The summed E-state index contributed by atoms with van der Waals surface area (Å²) in [5.74, 6) is 0.370. The molecule has 0 aliphatic carbocycles. The number of halogens is 1. The van der Waals surface area contributed by atoms with Crippen LogP contribution in [0.3, 0.4) is 0 Å². The molecule has 2 aromatic carbocycles. The number of unbranched alkanes of at least 4 members (excludes halogenated alkanes) is 1. The Hall–Kier alpha value is -2.16. The highest BCUT2D eigenvalue weighted by Gasteiger charge is 2.11. The zero-order chi connectivity index (χ0) is 19.6. The van der Waals surface area contributed by atoms with Crippen LogP contribution in [0.1, 0.15) is 66.1 Å².